The molecule has 0 aliphatic heterocycles. The summed E-state index contributed by atoms with van der Waals surface area (Å²) in [6, 6.07) is 7.12. The third kappa shape index (κ3) is 2.19. The highest BCUT2D eigenvalue weighted by atomic mass is 79.9. The number of nitrogens with two attached hydrogens (primary N) is 1. The number of benzene rings is 1. The Balaban J connectivity index is 2.26. The smallest absolute Gasteiger partial charge is 0.249 e. The van der Waals surface area contributed by atoms with Crippen molar-refractivity contribution in [1.29, 1.82) is 0 Å². The third-order valence-corrected chi connectivity index (χ3v) is 5.43. The van der Waals surface area contributed by atoms with Crippen molar-refractivity contribution in [2.45, 2.75) is 0 Å². The number of aromatic nitrogens is 2. The Kier molecular flexibility index (Phi) is 3.45. The van der Waals surface area contributed by atoms with E-state index in [0.29, 0.717) is 25.8 Å². The normalized spacial score (nSPS) is 10.9. The van der Waals surface area contributed by atoms with Crippen molar-refractivity contribution in [2.75, 3.05) is 0 Å². The number of pyridine rings is 1. The minimum absolute atomic E-state index is 0.385. The van der Waals surface area contributed by atoms with E-state index in [1.165, 1.54) is 11.3 Å². The maximum Gasteiger partial charge on any atom is 0.249 e. The fourth-order valence-corrected chi connectivity index (χ4v) is 3.61. The van der Waals surface area contributed by atoms with Crippen LogP contribution in [-0.4, -0.2) is 15.9 Å². The van der Waals surface area contributed by atoms with Crippen LogP contribution in [0.15, 0.2) is 34.9 Å². The van der Waals surface area contributed by atoms with E-state index >= 15 is 0 Å². The molecule has 2 heterocycles. The lowest BCUT2D eigenvalue weighted by Gasteiger charge is -2.01. The van der Waals surface area contributed by atoms with Gasteiger partial charge in [0.05, 0.1) is 15.4 Å². The summed E-state index contributed by atoms with van der Waals surface area (Å²) in [6.07, 6.45) is 1.61. The molecule has 4 nitrogen and oxygen atoms in total. The second-order valence-electron chi connectivity index (χ2n) is 4.01. The van der Waals surface area contributed by atoms with Crippen LogP contribution in [0.3, 0.4) is 0 Å². The maximum atomic E-state index is 11.5. The zero-order valence-electron chi connectivity index (χ0n) is 9.93. The summed E-state index contributed by atoms with van der Waals surface area (Å²) in [5, 5.41) is 1.09. The summed E-state index contributed by atoms with van der Waals surface area (Å²) in [5.74, 6) is -0.477. The van der Waals surface area contributed by atoms with Gasteiger partial charge in [-0.25, -0.2) is 9.97 Å². The Morgan fingerprint density at radius 2 is 2.10 bits per heavy atom. The first-order valence-corrected chi connectivity index (χ1v) is 7.56. The standard InChI is InChI=1S/C13H7BrClN3OS/c14-9-10-8(5-17-11(9)15)18-13(20-10)7-4-2-1-3-6(7)12(16)19/h1-5H,(H2,16,19). The van der Waals surface area contributed by atoms with Gasteiger partial charge < -0.3 is 5.73 Å². The number of nitrogens with zero attached hydrogens (tertiary/aromatic N) is 2. The number of hydrogen-bond acceptors (Lipinski definition) is 4. The number of amides is 1. The van der Waals surface area contributed by atoms with E-state index in [4.69, 9.17) is 17.3 Å². The molecule has 0 aliphatic carbocycles. The molecule has 0 aliphatic rings. The summed E-state index contributed by atoms with van der Waals surface area (Å²) in [7, 11) is 0. The minimum atomic E-state index is -0.477. The van der Waals surface area contributed by atoms with Gasteiger partial charge in [-0.3, -0.25) is 4.79 Å². The second kappa shape index (κ2) is 5.12. The number of fused-ring (bicyclic) bond motifs is 1. The molecule has 0 saturated heterocycles. The molecule has 0 radical (unpaired) electrons. The number of thiazole rings is 1. The summed E-state index contributed by atoms with van der Waals surface area (Å²) in [6.45, 7) is 0. The third-order valence-electron chi connectivity index (χ3n) is 2.76. The Morgan fingerprint density at radius 1 is 1.35 bits per heavy atom. The van der Waals surface area contributed by atoms with Crippen molar-refractivity contribution in [2.24, 2.45) is 5.73 Å². The van der Waals surface area contributed by atoms with Crippen molar-refractivity contribution in [3.63, 3.8) is 0 Å². The molecule has 0 fully saturated rings. The average Bonchev–Trinajstić information content (AvgIpc) is 2.88. The fourth-order valence-electron chi connectivity index (χ4n) is 1.84. The van der Waals surface area contributed by atoms with Crippen molar-refractivity contribution in [3.8, 4) is 10.6 Å². The monoisotopic (exact) mass is 367 g/mol. The molecule has 3 aromatic rings. The molecule has 2 aromatic heterocycles. The molecule has 0 bridgehead atoms. The molecule has 0 unspecified atom stereocenters. The number of carbonyl (C=O) groups excluding carboxylic acids is 1. The highest BCUT2D eigenvalue weighted by molar-refractivity contribution is 9.10. The van der Waals surface area contributed by atoms with Gasteiger partial charge in [-0.2, -0.15) is 0 Å². The Morgan fingerprint density at radius 3 is 2.85 bits per heavy atom. The first-order chi connectivity index (χ1) is 9.58. The minimum Gasteiger partial charge on any atom is -0.366 e. The summed E-state index contributed by atoms with van der Waals surface area (Å²) < 4.78 is 1.59. The Hall–Kier alpha value is -1.50. The summed E-state index contributed by atoms with van der Waals surface area (Å²) in [5.41, 5.74) is 7.28. The lowest BCUT2D eigenvalue weighted by atomic mass is 10.1. The molecule has 1 aromatic carbocycles. The predicted octanol–water partition coefficient (Wildman–Crippen LogP) is 3.87. The van der Waals surface area contributed by atoms with Crippen LogP contribution in [0.5, 0.6) is 0 Å². The predicted molar refractivity (Wildman–Crippen MR) is 84.1 cm³/mol. The first kappa shape index (κ1) is 13.5. The van der Waals surface area contributed by atoms with E-state index < -0.39 is 5.91 Å². The Bertz CT molecular complexity index is 834. The SMILES string of the molecule is NC(=O)c1ccccc1-c1nc2cnc(Cl)c(Br)c2s1. The Labute approximate surface area is 131 Å². The highest BCUT2D eigenvalue weighted by Gasteiger charge is 2.15. The van der Waals surface area contributed by atoms with Gasteiger partial charge >= 0.3 is 0 Å². The molecular formula is C13H7BrClN3OS. The number of halogens is 2. The number of hydrogen-bond donors (Lipinski definition) is 1. The van der Waals surface area contributed by atoms with Crippen LogP contribution in [-0.2, 0) is 0 Å². The molecule has 100 valence electrons. The lowest BCUT2D eigenvalue weighted by Crippen LogP contribution is -2.12. The molecule has 3 rings (SSSR count). The van der Waals surface area contributed by atoms with Gasteiger partial charge in [0.15, 0.2) is 0 Å². The van der Waals surface area contributed by atoms with Crippen LogP contribution < -0.4 is 5.73 Å². The highest BCUT2D eigenvalue weighted by Crippen LogP contribution is 2.37. The van der Waals surface area contributed by atoms with Crippen molar-refractivity contribution >= 4 is 55.0 Å². The van der Waals surface area contributed by atoms with Crippen LogP contribution in [0.1, 0.15) is 10.4 Å². The zero-order valence-corrected chi connectivity index (χ0v) is 13.1. The van der Waals surface area contributed by atoms with Gasteiger partial charge in [-0.1, -0.05) is 29.8 Å². The number of carbonyl (C=O) groups is 1. The van der Waals surface area contributed by atoms with Crippen LogP contribution in [0.2, 0.25) is 5.15 Å². The van der Waals surface area contributed by atoms with Gasteiger partial charge in [0.1, 0.15) is 15.7 Å². The lowest BCUT2D eigenvalue weighted by molar-refractivity contribution is 0.100. The van der Waals surface area contributed by atoms with E-state index in [2.05, 4.69) is 25.9 Å². The molecule has 0 saturated carbocycles. The van der Waals surface area contributed by atoms with Crippen LogP contribution in [0, 0.1) is 0 Å². The quantitative estimate of drug-likeness (QED) is 0.698. The molecule has 1 amide bonds. The van der Waals surface area contributed by atoms with Crippen LogP contribution in [0.25, 0.3) is 20.8 Å². The molecule has 7 heteroatoms. The van der Waals surface area contributed by atoms with Gasteiger partial charge in [0.2, 0.25) is 5.91 Å². The average molecular weight is 369 g/mol. The molecule has 0 spiro atoms. The van der Waals surface area contributed by atoms with Crippen LogP contribution in [0.4, 0.5) is 0 Å². The molecule has 2 N–H and O–H groups in total. The van der Waals surface area contributed by atoms with Crippen molar-refractivity contribution in [1.82, 2.24) is 9.97 Å². The largest absolute Gasteiger partial charge is 0.366 e. The maximum absolute atomic E-state index is 11.5. The van der Waals surface area contributed by atoms with E-state index in [1.807, 2.05) is 12.1 Å². The fraction of sp³-hybridized carbons (Fsp3) is 0. The van der Waals surface area contributed by atoms with Gasteiger partial charge in [0.25, 0.3) is 0 Å². The van der Waals surface area contributed by atoms with Gasteiger partial charge in [-0.05, 0) is 22.0 Å². The first-order valence-electron chi connectivity index (χ1n) is 5.57. The number of rotatable bonds is 2. The van der Waals surface area contributed by atoms with E-state index in [9.17, 15) is 4.79 Å². The van der Waals surface area contributed by atoms with Crippen molar-refractivity contribution in [3.05, 3.63) is 45.7 Å². The summed E-state index contributed by atoms with van der Waals surface area (Å²) in [4.78, 5) is 20.0. The topological polar surface area (TPSA) is 68.9 Å². The summed E-state index contributed by atoms with van der Waals surface area (Å²) >= 11 is 10.8. The molecule has 0 atom stereocenters. The zero-order chi connectivity index (χ0) is 14.3. The van der Waals surface area contributed by atoms with E-state index in [1.54, 1.807) is 18.3 Å². The van der Waals surface area contributed by atoms with Crippen LogP contribution >= 0.6 is 38.9 Å². The van der Waals surface area contributed by atoms with E-state index in [-0.39, 0.29) is 0 Å². The molecule has 20 heavy (non-hydrogen) atoms. The van der Waals surface area contributed by atoms with Gasteiger partial charge in [-0.15, -0.1) is 11.3 Å². The van der Waals surface area contributed by atoms with E-state index in [0.717, 1.165) is 10.2 Å². The molecular weight excluding hydrogens is 362 g/mol. The number of primary amides is 1. The van der Waals surface area contributed by atoms with Crippen molar-refractivity contribution < 1.29 is 4.79 Å². The second-order valence-corrected chi connectivity index (χ2v) is 6.16. The van der Waals surface area contributed by atoms with Gasteiger partial charge in [0, 0.05) is 11.1 Å².